The number of hydrogen-bond acceptors (Lipinski definition) is 4. The van der Waals surface area contributed by atoms with Gasteiger partial charge in [-0.3, -0.25) is 0 Å². The third-order valence-electron chi connectivity index (χ3n) is 2.20. The van der Waals surface area contributed by atoms with Gasteiger partial charge >= 0.3 is 0 Å². The third kappa shape index (κ3) is 3.10. The quantitative estimate of drug-likeness (QED) is 0.729. The highest BCUT2D eigenvalue weighted by Gasteiger charge is 2.06. The number of rotatable bonds is 6. The predicted molar refractivity (Wildman–Crippen MR) is 59.5 cm³/mol. The van der Waals surface area contributed by atoms with E-state index in [0.717, 1.165) is 25.0 Å². The smallest absolute Gasteiger partial charge is 0.217 e. The second-order valence-corrected chi connectivity index (χ2v) is 3.84. The van der Waals surface area contributed by atoms with Gasteiger partial charge in [0.2, 0.25) is 11.8 Å². The molecule has 5 heteroatoms. The maximum absolute atomic E-state index is 5.58. The van der Waals surface area contributed by atoms with Gasteiger partial charge in [0.05, 0.1) is 6.26 Å². The molecule has 0 fully saturated rings. The molecule has 2 rings (SSSR count). The van der Waals surface area contributed by atoms with E-state index in [1.54, 1.807) is 6.26 Å². The fourth-order valence-electron chi connectivity index (χ4n) is 1.39. The number of aryl methyl sites for hydroxylation is 3. The maximum Gasteiger partial charge on any atom is 0.217 e. The Hall–Kier alpha value is -1.29. The normalized spacial score (nSPS) is 10.8. The van der Waals surface area contributed by atoms with Crippen LogP contribution in [0.1, 0.15) is 24.0 Å². The summed E-state index contributed by atoms with van der Waals surface area (Å²) < 4.78 is 10.7. The summed E-state index contributed by atoms with van der Waals surface area (Å²) in [5.41, 5.74) is 0. The van der Waals surface area contributed by atoms with Crippen LogP contribution in [0.4, 0.5) is 0 Å². The molecule has 0 amide bonds. The van der Waals surface area contributed by atoms with Crippen LogP contribution in [0.15, 0.2) is 27.2 Å². The molecular weight excluding hydrogens is 228 g/mol. The summed E-state index contributed by atoms with van der Waals surface area (Å²) in [7, 11) is 0. The molecule has 0 aliphatic rings. The second kappa shape index (κ2) is 5.70. The van der Waals surface area contributed by atoms with E-state index in [-0.39, 0.29) is 0 Å². The largest absolute Gasteiger partial charge is 0.469 e. The van der Waals surface area contributed by atoms with Crippen LogP contribution in [0.5, 0.6) is 0 Å². The molecule has 0 radical (unpaired) electrons. The summed E-state index contributed by atoms with van der Waals surface area (Å²) in [5.74, 6) is 2.86. The first kappa shape index (κ1) is 11.2. The van der Waals surface area contributed by atoms with Gasteiger partial charge in [-0.2, -0.15) is 0 Å². The van der Waals surface area contributed by atoms with E-state index >= 15 is 0 Å². The van der Waals surface area contributed by atoms with Crippen molar-refractivity contribution < 1.29 is 8.83 Å². The van der Waals surface area contributed by atoms with Crippen molar-refractivity contribution in [3.8, 4) is 0 Å². The number of halogens is 1. The highest BCUT2D eigenvalue weighted by Crippen LogP contribution is 2.08. The first-order chi connectivity index (χ1) is 7.88. The van der Waals surface area contributed by atoms with Gasteiger partial charge in [0.25, 0.3) is 0 Å². The van der Waals surface area contributed by atoms with Crippen molar-refractivity contribution in [3.05, 3.63) is 35.9 Å². The molecule has 4 nitrogen and oxygen atoms in total. The van der Waals surface area contributed by atoms with E-state index in [1.807, 2.05) is 12.1 Å². The van der Waals surface area contributed by atoms with Crippen molar-refractivity contribution in [1.29, 1.82) is 0 Å². The number of aromatic nitrogens is 2. The van der Waals surface area contributed by atoms with Gasteiger partial charge in [-0.15, -0.1) is 21.8 Å². The van der Waals surface area contributed by atoms with Crippen molar-refractivity contribution in [2.24, 2.45) is 0 Å². The minimum absolute atomic E-state index is 0.615. The SMILES string of the molecule is ClCCCc1nnc(CCc2ccco2)o1. The maximum atomic E-state index is 5.58. The molecule has 2 aromatic rings. The van der Waals surface area contributed by atoms with E-state index in [1.165, 1.54) is 0 Å². The topological polar surface area (TPSA) is 52.1 Å². The number of alkyl halides is 1. The summed E-state index contributed by atoms with van der Waals surface area (Å²) in [4.78, 5) is 0. The molecule has 0 aliphatic heterocycles. The minimum Gasteiger partial charge on any atom is -0.469 e. The van der Waals surface area contributed by atoms with Crippen LogP contribution >= 0.6 is 11.6 Å². The average molecular weight is 241 g/mol. The van der Waals surface area contributed by atoms with Gasteiger partial charge in [-0.25, -0.2) is 0 Å². The molecule has 0 saturated heterocycles. The molecule has 0 atom stereocenters. The Balaban J connectivity index is 1.83. The third-order valence-corrected chi connectivity index (χ3v) is 2.47. The summed E-state index contributed by atoms with van der Waals surface area (Å²) >= 11 is 5.58. The monoisotopic (exact) mass is 240 g/mol. The second-order valence-electron chi connectivity index (χ2n) is 3.46. The van der Waals surface area contributed by atoms with E-state index < -0.39 is 0 Å². The summed E-state index contributed by atoms with van der Waals surface area (Å²) in [6.45, 7) is 0. The Labute approximate surface area is 98.6 Å². The fraction of sp³-hybridized carbons (Fsp3) is 0.455. The van der Waals surface area contributed by atoms with Crippen LogP contribution in [-0.4, -0.2) is 16.1 Å². The van der Waals surface area contributed by atoms with Gasteiger partial charge < -0.3 is 8.83 Å². The molecule has 2 aromatic heterocycles. The molecule has 16 heavy (non-hydrogen) atoms. The fourth-order valence-corrected chi connectivity index (χ4v) is 1.53. The Bertz CT molecular complexity index is 411. The molecule has 86 valence electrons. The number of nitrogens with zero attached hydrogens (tertiary/aromatic N) is 2. The zero-order valence-electron chi connectivity index (χ0n) is 8.86. The van der Waals surface area contributed by atoms with Crippen LogP contribution in [0.2, 0.25) is 0 Å². The molecule has 0 aromatic carbocycles. The Morgan fingerprint density at radius 3 is 2.62 bits per heavy atom. The van der Waals surface area contributed by atoms with Crippen molar-refractivity contribution in [2.45, 2.75) is 25.7 Å². The van der Waals surface area contributed by atoms with Gasteiger partial charge in [-0.1, -0.05) is 0 Å². The van der Waals surface area contributed by atoms with Gasteiger partial charge in [0.1, 0.15) is 5.76 Å². The zero-order valence-corrected chi connectivity index (χ0v) is 9.61. The van der Waals surface area contributed by atoms with E-state index in [2.05, 4.69) is 10.2 Å². The average Bonchev–Trinajstić information content (AvgIpc) is 2.95. The van der Waals surface area contributed by atoms with Gasteiger partial charge in [-0.05, 0) is 18.6 Å². The standard InChI is InChI=1S/C11H13ClN2O2/c12-7-1-4-10-13-14-11(16-10)6-5-9-3-2-8-15-9/h2-3,8H,1,4-7H2. The lowest BCUT2D eigenvalue weighted by Gasteiger charge is -1.92. The number of hydrogen-bond donors (Lipinski definition) is 0. The molecule has 0 bridgehead atoms. The number of furan rings is 1. The molecule has 0 N–H and O–H groups in total. The molecule has 0 aliphatic carbocycles. The van der Waals surface area contributed by atoms with E-state index in [0.29, 0.717) is 24.1 Å². The van der Waals surface area contributed by atoms with Gasteiger partial charge in [0, 0.05) is 25.1 Å². The van der Waals surface area contributed by atoms with Crippen LogP contribution in [0.3, 0.4) is 0 Å². The van der Waals surface area contributed by atoms with Crippen molar-refractivity contribution in [2.75, 3.05) is 5.88 Å². The summed E-state index contributed by atoms with van der Waals surface area (Å²) in [6, 6.07) is 3.81. The van der Waals surface area contributed by atoms with Crippen LogP contribution < -0.4 is 0 Å². The molecule has 0 spiro atoms. The Morgan fingerprint density at radius 2 is 1.94 bits per heavy atom. The lowest BCUT2D eigenvalue weighted by Crippen LogP contribution is -1.89. The van der Waals surface area contributed by atoms with E-state index in [9.17, 15) is 0 Å². The first-order valence-corrected chi connectivity index (χ1v) is 5.81. The Morgan fingerprint density at radius 1 is 1.12 bits per heavy atom. The zero-order chi connectivity index (χ0) is 11.2. The lowest BCUT2D eigenvalue weighted by atomic mass is 10.2. The van der Waals surface area contributed by atoms with Crippen LogP contribution in [0, 0.1) is 0 Å². The van der Waals surface area contributed by atoms with Crippen molar-refractivity contribution in [1.82, 2.24) is 10.2 Å². The molecule has 2 heterocycles. The van der Waals surface area contributed by atoms with Gasteiger partial charge in [0.15, 0.2) is 0 Å². The lowest BCUT2D eigenvalue weighted by molar-refractivity contribution is 0.435. The molecular formula is C11H13ClN2O2. The van der Waals surface area contributed by atoms with Crippen LogP contribution in [-0.2, 0) is 19.3 Å². The molecule has 0 unspecified atom stereocenters. The molecule has 0 saturated carbocycles. The van der Waals surface area contributed by atoms with E-state index in [4.69, 9.17) is 20.4 Å². The van der Waals surface area contributed by atoms with Crippen molar-refractivity contribution in [3.63, 3.8) is 0 Å². The summed E-state index contributed by atoms with van der Waals surface area (Å²) in [5, 5.41) is 7.91. The summed E-state index contributed by atoms with van der Waals surface area (Å²) in [6.07, 6.45) is 4.76. The van der Waals surface area contributed by atoms with Crippen molar-refractivity contribution >= 4 is 11.6 Å². The predicted octanol–water partition coefficient (Wildman–Crippen LogP) is 2.62. The highest BCUT2D eigenvalue weighted by molar-refractivity contribution is 6.17. The first-order valence-electron chi connectivity index (χ1n) is 5.28. The van der Waals surface area contributed by atoms with Crippen LogP contribution in [0.25, 0.3) is 0 Å². The highest BCUT2D eigenvalue weighted by atomic mass is 35.5. The minimum atomic E-state index is 0.615. The Kier molecular flexibility index (Phi) is 3.99.